The Morgan fingerprint density at radius 2 is 1.95 bits per heavy atom. The number of hydrogen-bond acceptors (Lipinski definition) is 5. The minimum Gasteiger partial charge on any atom is -0.348 e. The smallest absolute Gasteiger partial charge is 0.191 e. The van der Waals surface area contributed by atoms with E-state index in [9.17, 15) is 0 Å². The van der Waals surface area contributed by atoms with Gasteiger partial charge in [0.25, 0.3) is 0 Å². The Morgan fingerprint density at radius 3 is 2.58 bits per heavy atom. The van der Waals surface area contributed by atoms with Gasteiger partial charge in [0.15, 0.2) is 10.9 Å². The fourth-order valence-corrected chi connectivity index (χ4v) is 4.14. The van der Waals surface area contributed by atoms with Gasteiger partial charge < -0.3 is 14.0 Å². The zero-order chi connectivity index (χ0) is 13.3. The molecule has 0 aromatic carbocycles. The minimum atomic E-state index is -0.259. The Kier molecular flexibility index (Phi) is 3.82. The molecule has 1 spiro atoms. The molecule has 6 heteroatoms. The van der Waals surface area contributed by atoms with Crippen molar-refractivity contribution in [3.63, 3.8) is 0 Å². The third-order valence-electron chi connectivity index (χ3n) is 4.00. The fraction of sp³-hybridized carbons (Fsp3) is 0.846. The maximum atomic E-state index is 5.76. The molecule has 1 saturated heterocycles. The number of aromatic nitrogens is 3. The summed E-state index contributed by atoms with van der Waals surface area (Å²) in [6.45, 7) is 6.58. The predicted octanol–water partition coefficient (Wildman–Crippen LogP) is 2.38. The highest BCUT2D eigenvalue weighted by Gasteiger charge is 2.40. The molecule has 0 unspecified atom stereocenters. The Hall–Kier alpha value is -0.590. The van der Waals surface area contributed by atoms with Gasteiger partial charge in [-0.05, 0) is 26.7 Å². The van der Waals surface area contributed by atoms with Crippen LogP contribution in [0.2, 0.25) is 0 Å². The van der Waals surface area contributed by atoms with Gasteiger partial charge in [0.05, 0.1) is 13.2 Å². The zero-order valence-electron chi connectivity index (χ0n) is 11.6. The van der Waals surface area contributed by atoms with E-state index in [-0.39, 0.29) is 5.79 Å². The molecule has 0 atom stereocenters. The molecule has 1 aromatic heterocycles. The molecule has 0 N–H and O–H groups in total. The number of thioether (sulfide) groups is 1. The van der Waals surface area contributed by atoms with Crippen LogP contribution in [0.4, 0.5) is 0 Å². The molecule has 1 saturated carbocycles. The van der Waals surface area contributed by atoms with Gasteiger partial charge in [0, 0.05) is 24.6 Å². The summed E-state index contributed by atoms with van der Waals surface area (Å²) in [7, 11) is 0. The molecule has 1 aliphatic heterocycles. The highest BCUT2D eigenvalue weighted by molar-refractivity contribution is 7.99. The lowest BCUT2D eigenvalue weighted by molar-refractivity contribution is -0.175. The van der Waals surface area contributed by atoms with Crippen LogP contribution in [0.3, 0.4) is 0 Å². The Morgan fingerprint density at radius 1 is 1.26 bits per heavy atom. The third kappa shape index (κ3) is 2.66. The summed E-state index contributed by atoms with van der Waals surface area (Å²) in [4.78, 5) is 0. The van der Waals surface area contributed by atoms with Crippen molar-refractivity contribution in [3.05, 3.63) is 5.82 Å². The summed E-state index contributed by atoms with van der Waals surface area (Å²) in [5.74, 6) is 0.741. The molecule has 0 bridgehead atoms. The van der Waals surface area contributed by atoms with Crippen molar-refractivity contribution in [1.29, 1.82) is 0 Å². The molecule has 1 aliphatic carbocycles. The van der Waals surface area contributed by atoms with Crippen LogP contribution in [-0.4, -0.2) is 39.0 Å². The SMILES string of the molecule is CCn1c(C)nnc1SC1CCC2(CC1)OCCO2. The second kappa shape index (κ2) is 5.42. The topological polar surface area (TPSA) is 49.2 Å². The summed E-state index contributed by atoms with van der Waals surface area (Å²) in [5.41, 5.74) is 0. The van der Waals surface area contributed by atoms with Crippen LogP contribution in [0.1, 0.15) is 38.4 Å². The number of nitrogens with zero attached hydrogens (tertiary/aromatic N) is 3. The predicted molar refractivity (Wildman–Crippen MR) is 73.2 cm³/mol. The van der Waals surface area contributed by atoms with E-state index in [1.165, 1.54) is 0 Å². The average Bonchev–Trinajstić information content (AvgIpc) is 3.01. The minimum absolute atomic E-state index is 0.259. The average molecular weight is 283 g/mol. The van der Waals surface area contributed by atoms with Gasteiger partial charge >= 0.3 is 0 Å². The van der Waals surface area contributed by atoms with Crippen molar-refractivity contribution >= 4 is 11.8 Å². The van der Waals surface area contributed by atoms with E-state index in [2.05, 4.69) is 21.7 Å². The van der Waals surface area contributed by atoms with Gasteiger partial charge in [-0.15, -0.1) is 10.2 Å². The number of ether oxygens (including phenoxy) is 2. The monoisotopic (exact) mass is 283 g/mol. The summed E-state index contributed by atoms with van der Waals surface area (Å²) >= 11 is 1.86. The van der Waals surface area contributed by atoms with Crippen molar-refractivity contribution < 1.29 is 9.47 Å². The molecule has 2 heterocycles. The standard InChI is InChI=1S/C13H21N3O2S/c1-3-16-10(2)14-15-12(16)19-11-4-6-13(7-5-11)17-8-9-18-13/h11H,3-9H2,1-2H3. The highest BCUT2D eigenvalue weighted by Crippen LogP contribution is 2.41. The van der Waals surface area contributed by atoms with Crippen LogP contribution in [0, 0.1) is 6.92 Å². The summed E-state index contributed by atoms with van der Waals surface area (Å²) in [6, 6.07) is 0. The molecular formula is C13H21N3O2S. The third-order valence-corrected chi connectivity index (χ3v) is 5.32. The van der Waals surface area contributed by atoms with E-state index in [0.717, 1.165) is 56.4 Å². The number of aryl methyl sites for hydroxylation is 1. The Balaban J connectivity index is 1.60. The van der Waals surface area contributed by atoms with Gasteiger partial charge in [0.1, 0.15) is 5.82 Å². The van der Waals surface area contributed by atoms with Gasteiger partial charge in [-0.1, -0.05) is 11.8 Å². The molecule has 0 radical (unpaired) electrons. The lowest BCUT2D eigenvalue weighted by Gasteiger charge is -2.34. The molecule has 2 fully saturated rings. The van der Waals surface area contributed by atoms with Crippen molar-refractivity contribution in [3.8, 4) is 0 Å². The normalized spacial score (nSPS) is 23.3. The number of hydrogen-bond donors (Lipinski definition) is 0. The van der Waals surface area contributed by atoms with Gasteiger partial charge in [-0.3, -0.25) is 0 Å². The number of rotatable bonds is 3. The van der Waals surface area contributed by atoms with Crippen LogP contribution in [0.15, 0.2) is 5.16 Å². The molecular weight excluding hydrogens is 262 g/mol. The van der Waals surface area contributed by atoms with Crippen molar-refractivity contribution in [2.75, 3.05) is 13.2 Å². The molecule has 2 aliphatic rings. The summed E-state index contributed by atoms with van der Waals surface area (Å²) < 4.78 is 13.7. The molecule has 19 heavy (non-hydrogen) atoms. The highest BCUT2D eigenvalue weighted by atomic mass is 32.2. The molecule has 1 aromatic rings. The zero-order valence-corrected chi connectivity index (χ0v) is 12.4. The first-order valence-electron chi connectivity index (χ1n) is 7.07. The lowest BCUT2D eigenvalue weighted by atomic mass is 9.94. The van der Waals surface area contributed by atoms with E-state index >= 15 is 0 Å². The molecule has 0 amide bonds. The van der Waals surface area contributed by atoms with Crippen molar-refractivity contribution in [2.24, 2.45) is 0 Å². The molecule has 5 nitrogen and oxygen atoms in total. The van der Waals surface area contributed by atoms with E-state index in [0.29, 0.717) is 5.25 Å². The van der Waals surface area contributed by atoms with E-state index in [1.54, 1.807) is 0 Å². The quantitative estimate of drug-likeness (QED) is 0.852. The van der Waals surface area contributed by atoms with Crippen LogP contribution >= 0.6 is 11.8 Å². The first-order chi connectivity index (χ1) is 9.22. The summed E-state index contributed by atoms with van der Waals surface area (Å²) in [5, 5.41) is 10.1. The largest absolute Gasteiger partial charge is 0.348 e. The van der Waals surface area contributed by atoms with Gasteiger partial charge in [-0.2, -0.15) is 0 Å². The van der Waals surface area contributed by atoms with Gasteiger partial charge in [-0.25, -0.2) is 0 Å². The molecule has 3 rings (SSSR count). The second-order valence-corrected chi connectivity index (χ2v) is 6.47. The van der Waals surface area contributed by atoms with Crippen LogP contribution < -0.4 is 0 Å². The first kappa shape index (κ1) is 13.4. The van der Waals surface area contributed by atoms with Crippen molar-refractivity contribution in [2.45, 2.75) is 62.3 Å². The molecule has 106 valence electrons. The Bertz CT molecular complexity index is 433. The first-order valence-corrected chi connectivity index (χ1v) is 7.95. The van der Waals surface area contributed by atoms with E-state index in [1.807, 2.05) is 18.7 Å². The fourth-order valence-electron chi connectivity index (χ4n) is 2.90. The lowest BCUT2D eigenvalue weighted by Crippen LogP contribution is -2.36. The summed E-state index contributed by atoms with van der Waals surface area (Å²) in [6.07, 6.45) is 4.26. The van der Waals surface area contributed by atoms with Gasteiger partial charge in [0.2, 0.25) is 0 Å². The maximum Gasteiger partial charge on any atom is 0.191 e. The van der Waals surface area contributed by atoms with Crippen LogP contribution in [0.5, 0.6) is 0 Å². The van der Waals surface area contributed by atoms with Crippen LogP contribution in [-0.2, 0) is 16.0 Å². The second-order valence-electron chi connectivity index (χ2n) is 5.20. The maximum absolute atomic E-state index is 5.76. The van der Waals surface area contributed by atoms with E-state index < -0.39 is 0 Å². The Labute approximate surface area is 118 Å². The van der Waals surface area contributed by atoms with Crippen LogP contribution in [0.25, 0.3) is 0 Å². The van der Waals surface area contributed by atoms with Crippen molar-refractivity contribution in [1.82, 2.24) is 14.8 Å². The van der Waals surface area contributed by atoms with E-state index in [4.69, 9.17) is 9.47 Å².